The van der Waals surface area contributed by atoms with Crippen molar-refractivity contribution in [3.05, 3.63) is 87.9 Å². The van der Waals surface area contributed by atoms with Crippen LogP contribution in [0.2, 0.25) is 0 Å². The second-order valence-corrected chi connectivity index (χ2v) is 8.15. The molecular formula is C25H26BrNO3. The first-order chi connectivity index (χ1) is 14.4. The summed E-state index contributed by atoms with van der Waals surface area (Å²) in [5, 5.41) is 2.91. The van der Waals surface area contributed by atoms with Crippen LogP contribution in [0.4, 0.5) is 5.69 Å². The van der Waals surface area contributed by atoms with Gasteiger partial charge in [0.25, 0.3) is 5.91 Å². The maximum absolute atomic E-state index is 12.6. The van der Waals surface area contributed by atoms with E-state index < -0.39 is 6.10 Å². The number of halogens is 1. The molecule has 1 amide bonds. The van der Waals surface area contributed by atoms with E-state index in [1.54, 1.807) is 6.92 Å². The number of amides is 1. The molecule has 0 aliphatic rings. The molecule has 0 aliphatic carbocycles. The van der Waals surface area contributed by atoms with Crippen molar-refractivity contribution in [2.24, 2.45) is 0 Å². The van der Waals surface area contributed by atoms with Gasteiger partial charge in [0.2, 0.25) is 0 Å². The molecule has 5 heteroatoms. The fourth-order valence-corrected chi connectivity index (χ4v) is 3.84. The van der Waals surface area contributed by atoms with E-state index in [2.05, 4.69) is 33.4 Å². The molecule has 1 N–H and O–H groups in total. The molecule has 0 saturated heterocycles. The fraction of sp³-hybridized carbons (Fsp3) is 0.240. The highest BCUT2D eigenvalue weighted by atomic mass is 79.9. The van der Waals surface area contributed by atoms with Gasteiger partial charge >= 0.3 is 0 Å². The van der Waals surface area contributed by atoms with E-state index in [9.17, 15) is 4.79 Å². The lowest BCUT2D eigenvalue weighted by Crippen LogP contribution is -2.30. The zero-order valence-corrected chi connectivity index (χ0v) is 19.0. The molecule has 1 unspecified atom stereocenters. The van der Waals surface area contributed by atoms with E-state index in [1.165, 1.54) is 5.56 Å². The van der Waals surface area contributed by atoms with Gasteiger partial charge in [-0.1, -0.05) is 52.3 Å². The van der Waals surface area contributed by atoms with Crippen molar-refractivity contribution in [1.29, 1.82) is 0 Å². The Morgan fingerprint density at radius 3 is 2.40 bits per heavy atom. The van der Waals surface area contributed by atoms with Gasteiger partial charge in [0.1, 0.15) is 11.5 Å². The van der Waals surface area contributed by atoms with Crippen LogP contribution in [0.5, 0.6) is 11.5 Å². The van der Waals surface area contributed by atoms with Gasteiger partial charge < -0.3 is 14.8 Å². The quantitative estimate of drug-likeness (QED) is 0.435. The molecule has 0 spiro atoms. The second-order valence-electron chi connectivity index (χ2n) is 7.23. The van der Waals surface area contributed by atoms with Gasteiger partial charge in [0.05, 0.1) is 6.61 Å². The Bertz CT molecular complexity index is 981. The van der Waals surface area contributed by atoms with E-state index in [0.29, 0.717) is 12.3 Å². The summed E-state index contributed by atoms with van der Waals surface area (Å²) < 4.78 is 12.8. The number of anilines is 1. The number of hydrogen-bond donors (Lipinski definition) is 1. The van der Waals surface area contributed by atoms with Crippen LogP contribution in [0.25, 0.3) is 0 Å². The molecule has 0 radical (unpaired) electrons. The predicted octanol–water partition coefficient (Wildman–Crippen LogP) is 6.09. The van der Waals surface area contributed by atoms with Gasteiger partial charge in [-0.15, -0.1) is 0 Å². The predicted molar refractivity (Wildman–Crippen MR) is 124 cm³/mol. The standard InChI is InChI=1S/C25H26BrNO3/c1-17-14-21(26)15-18(2)24(17)30-19(3)25(28)27-22-10-7-11-23(16-22)29-13-12-20-8-5-4-6-9-20/h4-11,14-16,19H,12-13H2,1-3H3,(H,27,28). The van der Waals surface area contributed by atoms with Gasteiger partial charge in [0.15, 0.2) is 6.10 Å². The SMILES string of the molecule is Cc1cc(Br)cc(C)c1OC(C)C(=O)Nc1cccc(OCCc2ccccc2)c1. The Balaban J connectivity index is 1.56. The van der Waals surface area contributed by atoms with E-state index in [0.717, 1.165) is 33.5 Å². The van der Waals surface area contributed by atoms with Gasteiger partial charge in [-0.2, -0.15) is 0 Å². The molecule has 0 heterocycles. The van der Waals surface area contributed by atoms with E-state index in [4.69, 9.17) is 9.47 Å². The van der Waals surface area contributed by atoms with Crippen molar-refractivity contribution in [2.75, 3.05) is 11.9 Å². The molecule has 0 aromatic heterocycles. The number of ether oxygens (including phenoxy) is 2. The summed E-state index contributed by atoms with van der Waals surface area (Å²) in [4.78, 5) is 12.6. The smallest absolute Gasteiger partial charge is 0.265 e. The first-order valence-electron chi connectivity index (χ1n) is 9.93. The molecule has 1 atom stereocenters. The van der Waals surface area contributed by atoms with Crippen LogP contribution in [-0.4, -0.2) is 18.6 Å². The molecule has 0 saturated carbocycles. The number of hydrogen-bond acceptors (Lipinski definition) is 3. The van der Waals surface area contributed by atoms with Crippen molar-refractivity contribution < 1.29 is 14.3 Å². The normalized spacial score (nSPS) is 11.6. The Kier molecular flexibility index (Phi) is 7.52. The monoisotopic (exact) mass is 467 g/mol. The number of nitrogens with one attached hydrogen (secondary N) is 1. The topological polar surface area (TPSA) is 47.6 Å². The maximum Gasteiger partial charge on any atom is 0.265 e. The Hall–Kier alpha value is -2.79. The summed E-state index contributed by atoms with van der Waals surface area (Å²) in [6.07, 6.45) is 0.194. The molecule has 3 aromatic carbocycles. The molecular weight excluding hydrogens is 442 g/mol. The first-order valence-corrected chi connectivity index (χ1v) is 10.7. The molecule has 4 nitrogen and oxygen atoms in total. The summed E-state index contributed by atoms with van der Waals surface area (Å²) >= 11 is 3.48. The van der Waals surface area contributed by atoms with Crippen LogP contribution in [-0.2, 0) is 11.2 Å². The minimum atomic E-state index is -0.633. The Morgan fingerprint density at radius 1 is 1.00 bits per heavy atom. The summed E-state index contributed by atoms with van der Waals surface area (Å²) in [7, 11) is 0. The molecule has 3 aromatic rings. The third kappa shape index (κ3) is 6.10. The molecule has 0 bridgehead atoms. The summed E-state index contributed by atoms with van der Waals surface area (Å²) in [6.45, 7) is 6.25. The Morgan fingerprint density at radius 2 is 1.70 bits per heavy atom. The van der Waals surface area contributed by atoms with Crippen LogP contribution < -0.4 is 14.8 Å². The van der Waals surface area contributed by atoms with Gasteiger partial charge in [-0.3, -0.25) is 4.79 Å². The van der Waals surface area contributed by atoms with E-state index >= 15 is 0 Å². The average molecular weight is 468 g/mol. The third-order valence-electron chi connectivity index (χ3n) is 4.69. The number of aryl methyl sites for hydroxylation is 2. The van der Waals surface area contributed by atoms with Crippen LogP contribution in [0.15, 0.2) is 71.2 Å². The number of benzene rings is 3. The van der Waals surface area contributed by atoms with Crippen LogP contribution in [0, 0.1) is 13.8 Å². The molecule has 0 aliphatic heterocycles. The highest BCUT2D eigenvalue weighted by Gasteiger charge is 2.17. The van der Waals surface area contributed by atoms with Crippen LogP contribution in [0.1, 0.15) is 23.6 Å². The summed E-state index contributed by atoms with van der Waals surface area (Å²) in [5.41, 5.74) is 3.87. The summed E-state index contributed by atoms with van der Waals surface area (Å²) in [6, 6.07) is 21.6. The first kappa shape index (κ1) is 21.9. The number of carbonyl (C=O) groups is 1. The number of rotatable bonds is 8. The van der Waals surface area contributed by atoms with Crippen molar-refractivity contribution >= 4 is 27.5 Å². The van der Waals surface area contributed by atoms with Gasteiger partial charge in [0, 0.05) is 22.6 Å². The highest BCUT2D eigenvalue weighted by Crippen LogP contribution is 2.28. The minimum absolute atomic E-state index is 0.210. The number of carbonyl (C=O) groups excluding carboxylic acids is 1. The molecule has 156 valence electrons. The lowest BCUT2D eigenvalue weighted by atomic mass is 10.1. The average Bonchev–Trinajstić information content (AvgIpc) is 2.71. The molecule has 3 rings (SSSR count). The highest BCUT2D eigenvalue weighted by molar-refractivity contribution is 9.10. The van der Waals surface area contributed by atoms with Crippen LogP contribution >= 0.6 is 15.9 Å². The van der Waals surface area contributed by atoms with Crippen molar-refractivity contribution in [3.8, 4) is 11.5 Å². The van der Waals surface area contributed by atoms with E-state index in [1.807, 2.05) is 68.4 Å². The summed E-state index contributed by atoms with van der Waals surface area (Å²) in [5.74, 6) is 1.24. The largest absolute Gasteiger partial charge is 0.493 e. The zero-order valence-electron chi connectivity index (χ0n) is 17.4. The zero-order chi connectivity index (χ0) is 21.5. The van der Waals surface area contributed by atoms with Crippen molar-refractivity contribution in [2.45, 2.75) is 33.3 Å². The second kappa shape index (κ2) is 10.3. The van der Waals surface area contributed by atoms with Gasteiger partial charge in [-0.05, 0) is 61.7 Å². The lowest BCUT2D eigenvalue weighted by molar-refractivity contribution is -0.122. The fourth-order valence-electron chi connectivity index (χ4n) is 3.15. The maximum atomic E-state index is 12.6. The van der Waals surface area contributed by atoms with E-state index in [-0.39, 0.29) is 5.91 Å². The van der Waals surface area contributed by atoms with Crippen molar-refractivity contribution in [3.63, 3.8) is 0 Å². The van der Waals surface area contributed by atoms with Crippen LogP contribution in [0.3, 0.4) is 0 Å². The van der Waals surface area contributed by atoms with Crippen molar-refractivity contribution in [1.82, 2.24) is 0 Å². The molecule has 30 heavy (non-hydrogen) atoms. The third-order valence-corrected chi connectivity index (χ3v) is 5.15. The lowest BCUT2D eigenvalue weighted by Gasteiger charge is -2.18. The molecule has 0 fully saturated rings. The Labute approximate surface area is 186 Å². The van der Waals surface area contributed by atoms with Gasteiger partial charge in [-0.25, -0.2) is 0 Å². The minimum Gasteiger partial charge on any atom is -0.493 e.